The maximum atomic E-state index is 13.8. The zero-order valence-electron chi connectivity index (χ0n) is 27.1. The maximum absolute atomic E-state index is 13.8. The summed E-state index contributed by atoms with van der Waals surface area (Å²) in [5.41, 5.74) is -6.69. The zero-order chi connectivity index (χ0) is 33.2. The third-order valence-corrected chi connectivity index (χ3v) is 12.2. The van der Waals surface area contributed by atoms with Crippen LogP contribution in [-0.2, 0) is 14.3 Å². The molecule has 5 rings (SSSR count). The standard InChI is InChI=1S/C36H50O9/c1-31(2,41)16-15-28(38)34(5,42)27-14-18-35(43)24-19-29(39)36(44)20-25(37)26(21-33(36,4)23(24)13-17-32(27,35)3)45-30(40)12-11-22-9-7-6-8-10-22/h6-12,19,23,25-28,37-38,41-44H,13-18,20-21H2,1-5H3/t23-,25-,26-,27+,28-,32+,33+,34-,35-,36-/m1/s1. The predicted molar refractivity (Wildman–Crippen MR) is 167 cm³/mol. The van der Waals surface area contributed by atoms with Gasteiger partial charge in [0, 0.05) is 23.3 Å². The lowest BCUT2D eigenvalue weighted by molar-refractivity contribution is -0.216. The number of aliphatic hydroxyl groups excluding tert-OH is 2. The highest BCUT2D eigenvalue weighted by molar-refractivity contribution is 6.00. The van der Waals surface area contributed by atoms with Crippen molar-refractivity contribution in [3.8, 4) is 0 Å². The number of carbonyl (C=O) groups excluding carboxylic acids is 2. The van der Waals surface area contributed by atoms with E-state index >= 15 is 0 Å². The summed E-state index contributed by atoms with van der Waals surface area (Å²) in [6.07, 6.45) is 2.68. The molecule has 0 spiro atoms. The largest absolute Gasteiger partial charge is 0.456 e. The molecule has 3 fully saturated rings. The van der Waals surface area contributed by atoms with E-state index in [1.165, 1.54) is 12.2 Å². The van der Waals surface area contributed by atoms with Crippen molar-refractivity contribution in [1.82, 2.24) is 0 Å². The number of esters is 1. The first-order chi connectivity index (χ1) is 20.8. The molecular weight excluding hydrogens is 576 g/mol. The molecule has 0 unspecified atom stereocenters. The summed E-state index contributed by atoms with van der Waals surface area (Å²) in [7, 11) is 0. The van der Waals surface area contributed by atoms with Crippen LogP contribution in [0.5, 0.6) is 0 Å². The van der Waals surface area contributed by atoms with Gasteiger partial charge in [0.2, 0.25) is 0 Å². The third kappa shape index (κ3) is 5.53. The summed E-state index contributed by atoms with van der Waals surface area (Å²) in [6, 6.07) is 9.24. The second-order valence-corrected chi connectivity index (χ2v) is 15.5. The molecule has 0 bridgehead atoms. The molecule has 9 nitrogen and oxygen atoms in total. The summed E-state index contributed by atoms with van der Waals surface area (Å²) in [4.78, 5) is 26.6. The van der Waals surface area contributed by atoms with Crippen molar-refractivity contribution in [3.05, 3.63) is 53.6 Å². The van der Waals surface area contributed by atoms with Gasteiger partial charge in [0.05, 0.1) is 29.0 Å². The van der Waals surface area contributed by atoms with Crippen LogP contribution in [0.2, 0.25) is 0 Å². The molecule has 0 amide bonds. The van der Waals surface area contributed by atoms with Crippen LogP contribution < -0.4 is 0 Å². The minimum absolute atomic E-state index is 0.0208. The fraction of sp³-hybridized carbons (Fsp3) is 0.667. The van der Waals surface area contributed by atoms with Crippen molar-refractivity contribution in [2.75, 3.05) is 0 Å². The lowest BCUT2D eigenvalue weighted by Crippen LogP contribution is -2.69. The second-order valence-electron chi connectivity index (χ2n) is 15.5. The number of carbonyl (C=O) groups is 2. The number of ether oxygens (including phenoxy) is 1. The summed E-state index contributed by atoms with van der Waals surface area (Å²) in [6.45, 7) is 8.57. The number of ketones is 1. The van der Waals surface area contributed by atoms with Crippen LogP contribution >= 0.6 is 0 Å². The van der Waals surface area contributed by atoms with Gasteiger partial charge in [-0.3, -0.25) is 4.79 Å². The molecule has 0 radical (unpaired) electrons. The number of rotatable bonds is 8. The lowest BCUT2D eigenvalue weighted by Gasteiger charge is -2.63. The van der Waals surface area contributed by atoms with Gasteiger partial charge in [0.25, 0.3) is 0 Å². The van der Waals surface area contributed by atoms with E-state index in [2.05, 4.69) is 0 Å². The van der Waals surface area contributed by atoms with E-state index in [1.54, 1.807) is 33.8 Å². The van der Waals surface area contributed by atoms with Gasteiger partial charge in [-0.15, -0.1) is 0 Å². The Kier molecular flexibility index (Phi) is 8.59. The van der Waals surface area contributed by atoms with Crippen molar-refractivity contribution < 1.29 is 45.0 Å². The molecule has 4 aliphatic rings. The average Bonchev–Trinajstić information content (AvgIpc) is 3.25. The topological polar surface area (TPSA) is 165 Å². The van der Waals surface area contributed by atoms with Crippen molar-refractivity contribution >= 4 is 17.8 Å². The van der Waals surface area contributed by atoms with E-state index in [0.29, 0.717) is 24.8 Å². The first-order valence-corrected chi connectivity index (χ1v) is 16.2. The van der Waals surface area contributed by atoms with Gasteiger partial charge in [-0.1, -0.05) is 44.2 Å². The molecule has 0 aliphatic heterocycles. The molecule has 248 valence electrons. The van der Waals surface area contributed by atoms with E-state index in [-0.39, 0.29) is 32.1 Å². The fourth-order valence-corrected chi connectivity index (χ4v) is 9.32. The Labute approximate surface area is 265 Å². The molecule has 9 heteroatoms. The molecule has 0 saturated heterocycles. The molecule has 1 aromatic rings. The predicted octanol–water partition coefficient (Wildman–Crippen LogP) is 3.23. The molecule has 6 N–H and O–H groups in total. The molecular formula is C36H50O9. The highest BCUT2D eigenvalue weighted by Crippen LogP contribution is 2.69. The number of benzene rings is 1. The Morgan fingerprint density at radius 3 is 2.33 bits per heavy atom. The lowest BCUT2D eigenvalue weighted by atomic mass is 9.44. The normalized spacial score (nSPS) is 40.2. The summed E-state index contributed by atoms with van der Waals surface area (Å²) in [5, 5.41) is 68.5. The van der Waals surface area contributed by atoms with Crippen LogP contribution in [0.1, 0.15) is 91.5 Å². The molecule has 45 heavy (non-hydrogen) atoms. The van der Waals surface area contributed by atoms with E-state index in [0.717, 1.165) is 5.56 Å². The molecule has 4 aliphatic carbocycles. The van der Waals surface area contributed by atoms with Crippen LogP contribution in [0.25, 0.3) is 6.08 Å². The quantitative estimate of drug-likeness (QED) is 0.188. The minimum atomic E-state index is -1.91. The third-order valence-electron chi connectivity index (χ3n) is 12.2. The Hall–Kier alpha value is -2.40. The molecule has 10 atom stereocenters. The van der Waals surface area contributed by atoms with Gasteiger partial charge >= 0.3 is 5.97 Å². The first kappa shape index (κ1) is 33.9. The average molecular weight is 627 g/mol. The van der Waals surface area contributed by atoms with Crippen LogP contribution in [0.4, 0.5) is 0 Å². The number of fused-ring (bicyclic) bond motifs is 5. The van der Waals surface area contributed by atoms with Gasteiger partial charge in [-0.05, 0) is 101 Å². The van der Waals surface area contributed by atoms with Crippen molar-refractivity contribution in [1.29, 1.82) is 0 Å². The Bertz CT molecular complexity index is 1360. The van der Waals surface area contributed by atoms with Gasteiger partial charge < -0.3 is 35.4 Å². The van der Waals surface area contributed by atoms with Crippen molar-refractivity contribution in [2.24, 2.45) is 22.7 Å². The van der Waals surface area contributed by atoms with Crippen LogP contribution in [0, 0.1) is 22.7 Å². The van der Waals surface area contributed by atoms with Crippen molar-refractivity contribution in [2.45, 2.75) is 127 Å². The Balaban J connectivity index is 1.41. The second kappa shape index (κ2) is 11.4. The molecule has 0 aromatic heterocycles. The SMILES string of the molecule is CC(C)(O)CC[C@@H](O)[C@](C)(O)[C@H]1CC[C@@]2(O)C3=CC(=O)[C@]4(O)C[C@@H](O)[C@H](OC(=O)C=Cc5ccccc5)C[C@@]4(C)[C@@H]3CC[C@@]12C. The maximum Gasteiger partial charge on any atom is 0.331 e. The van der Waals surface area contributed by atoms with E-state index < -0.39 is 75.1 Å². The van der Waals surface area contributed by atoms with Crippen molar-refractivity contribution in [3.63, 3.8) is 0 Å². The number of aliphatic hydroxyl groups is 6. The van der Waals surface area contributed by atoms with Gasteiger partial charge in [0.15, 0.2) is 5.78 Å². The van der Waals surface area contributed by atoms with E-state index in [4.69, 9.17) is 4.74 Å². The van der Waals surface area contributed by atoms with Gasteiger partial charge in [0.1, 0.15) is 11.7 Å². The van der Waals surface area contributed by atoms with E-state index in [1.807, 2.05) is 37.3 Å². The van der Waals surface area contributed by atoms with Gasteiger partial charge in [-0.2, -0.15) is 0 Å². The Morgan fingerprint density at radius 2 is 1.69 bits per heavy atom. The minimum Gasteiger partial charge on any atom is -0.456 e. The number of hydrogen-bond acceptors (Lipinski definition) is 9. The highest BCUT2D eigenvalue weighted by atomic mass is 16.6. The zero-order valence-corrected chi connectivity index (χ0v) is 27.1. The summed E-state index contributed by atoms with van der Waals surface area (Å²) >= 11 is 0. The Morgan fingerprint density at radius 1 is 1.02 bits per heavy atom. The summed E-state index contributed by atoms with van der Waals surface area (Å²) in [5.74, 6) is -2.19. The molecule has 1 aromatic carbocycles. The molecule has 0 heterocycles. The van der Waals surface area contributed by atoms with E-state index in [9.17, 15) is 40.2 Å². The van der Waals surface area contributed by atoms with Crippen LogP contribution in [-0.4, -0.2) is 83.1 Å². The van der Waals surface area contributed by atoms with Crippen LogP contribution in [0.15, 0.2) is 48.1 Å². The summed E-state index contributed by atoms with van der Waals surface area (Å²) < 4.78 is 5.71. The monoisotopic (exact) mass is 626 g/mol. The van der Waals surface area contributed by atoms with Gasteiger partial charge in [-0.25, -0.2) is 4.79 Å². The highest BCUT2D eigenvalue weighted by Gasteiger charge is 2.72. The fourth-order valence-electron chi connectivity index (χ4n) is 9.32. The number of hydrogen-bond donors (Lipinski definition) is 6. The molecule has 3 saturated carbocycles. The first-order valence-electron chi connectivity index (χ1n) is 16.2. The van der Waals surface area contributed by atoms with Crippen LogP contribution in [0.3, 0.4) is 0 Å². The smallest absolute Gasteiger partial charge is 0.331 e.